The lowest BCUT2D eigenvalue weighted by Gasteiger charge is -2.11. The third-order valence-electron chi connectivity index (χ3n) is 2.69. The number of esters is 1. The fraction of sp³-hybridized carbons (Fsp3) is 0.250. The van der Waals surface area contributed by atoms with Gasteiger partial charge in [0.15, 0.2) is 5.11 Å². The van der Waals surface area contributed by atoms with Crippen LogP contribution in [0.2, 0.25) is 0 Å². The van der Waals surface area contributed by atoms with Gasteiger partial charge in [-0.15, -0.1) is 0 Å². The van der Waals surface area contributed by atoms with Gasteiger partial charge in [-0.3, -0.25) is 14.9 Å². The molecule has 0 bridgehead atoms. The predicted octanol–water partition coefficient (Wildman–Crippen LogP) is 1.32. The fourth-order valence-corrected chi connectivity index (χ4v) is 1.82. The van der Waals surface area contributed by atoms with Gasteiger partial charge in [-0.05, 0) is 43.4 Å². The van der Waals surface area contributed by atoms with E-state index >= 15 is 0 Å². The van der Waals surface area contributed by atoms with E-state index in [1.54, 1.807) is 45.3 Å². The number of hydrogen-bond acceptors (Lipinski definition) is 5. The zero-order chi connectivity index (χ0) is 18.1. The summed E-state index contributed by atoms with van der Waals surface area (Å²) in [7, 11) is 3.34. The van der Waals surface area contributed by atoms with E-state index in [-0.39, 0.29) is 17.6 Å². The van der Waals surface area contributed by atoms with Crippen molar-refractivity contribution < 1.29 is 19.1 Å². The molecule has 0 aliphatic carbocycles. The zero-order valence-electron chi connectivity index (χ0n) is 13.7. The van der Waals surface area contributed by atoms with Crippen molar-refractivity contribution in [3.05, 3.63) is 42.0 Å². The highest BCUT2D eigenvalue weighted by Crippen LogP contribution is 2.10. The predicted molar refractivity (Wildman–Crippen MR) is 94.6 cm³/mol. The number of nitrogens with zero attached hydrogens (tertiary/aromatic N) is 1. The highest BCUT2D eigenvalue weighted by Gasteiger charge is 2.08. The number of nitrogens with one attached hydrogen (secondary N) is 2. The number of ether oxygens (including phenoxy) is 1. The van der Waals surface area contributed by atoms with Crippen LogP contribution in [0.5, 0.6) is 0 Å². The summed E-state index contributed by atoms with van der Waals surface area (Å²) in [4.78, 5) is 35.9. The summed E-state index contributed by atoms with van der Waals surface area (Å²) in [6.45, 7) is 1.90. The molecule has 0 saturated heterocycles. The topological polar surface area (TPSA) is 87.7 Å². The largest absolute Gasteiger partial charge is 0.463 e. The molecule has 24 heavy (non-hydrogen) atoms. The lowest BCUT2D eigenvalue weighted by Crippen LogP contribution is -2.33. The van der Waals surface area contributed by atoms with E-state index in [1.807, 2.05) is 0 Å². The summed E-state index contributed by atoms with van der Waals surface area (Å²) in [6, 6.07) is 6.64. The Hall–Kier alpha value is -2.74. The molecular weight excluding hydrogens is 330 g/mol. The number of thiocarbonyl (C=S) groups is 1. The highest BCUT2D eigenvalue weighted by atomic mass is 32.1. The van der Waals surface area contributed by atoms with Crippen LogP contribution < -0.4 is 10.6 Å². The molecule has 0 unspecified atom stereocenters. The molecule has 0 fully saturated rings. The fourth-order valence-electron chi connectivity index (χ4n) is 1.60. The van der Waals surface area contributed by atoms with Gasteiger partial charge in [-0.1, -0.05) is 0 Å². The molecule has 0 aromatic heterocycles. The average Bonchev–Trinajstić information content (AvgIpc) is 2.53. The minimum Gasteiger partial charge on any atom is -0.463 e. The molecule has 0 aliphatic rings. The van der Waals surface area contributed by atoms with Gasteiger partial charge < -0.3 is 15.0 Å². The minimum absolute atomic E-state index is 0.0696. The Morgan fingerprint density at radius 1 is 1.17 bits per heavy atom. The van der Waals surface area contributed by atoms with Gasteiger partial charge >= 0.3 is 5.97 Å². The summed E-state index contributed by atoms with van der Waals surface area (Å²) in [6.07, 6.45) is 2.05. The quantitative estimate of drug-likeness (QED) is 0.474. The molecule has 0 aliphatic heterocycles. The lowest BCUT2D eigenvalue weighted by atomic mass is 10.2. The van der Waals surface area contributed by atoms with Crippen molar-refractivity contribution in [2.45, 2.75) is 6.92 Å². The Labute approximate surface area is 145 Å². The van der Waals surface area contributed by atoms with Crippen LogP contribution in [0.3, 0.4) is 0 Å². The van der Waals surface area contributed by atoms with E-state index in [9.17, 15) is 14.4 Å². The second-order valence-electron chi connectivity index (χ2n) is 4.81. The van der Waals surface area contributed by atoms with E-state index in [1.165, 1.54) is 4.90 Å². The molecule has 1 aromatic carbocycles. The highest BCUT2D eigenvalue weighted by molar-refractivity contribution is 7.80. The van der Waals surface area contributed by atoms with Gasteiger partial charge in [0.25, 0.3) is 5.91 Å². The molecule has 1 aromatic rings. The molecule has 7 nitrogen and oxygen atoms in total. The van der Waals surface area contributed by atoms with Crippen molar-refractivity contribution in [2.24, 2.45) is 0 Å². The van der Waals surface area contributed by atoms with E-state index in [0.717, 1.165) is 12.2 Å². The van der Waals surface area contributed by atoms with Crippen LogP contribution in [-0.2, 0) is 14.3 Å². The SMILES string of the molecule is CCOC(=O)/C=C/C(=O)NC(=S)Nc1ccc(C(=O)N(C)C)cc1. The van der Waals surface area contributed by atoms with Gasteiger partial charge in [0.1, 0.15) is 0 Å². The van der Waals surface area contributed by atoms with Crippen LogP contribution >= 0.6 is 12.2 Å². The van der Waals surface area contributed by atoms with Crippen LogP contribution in [0.1, 0.15) is 17.3 Å². The van der Waals surface area contributed by atoms with Crippen LogP contribution in [0.4, 0.5) is 5.69 Å². The Morgan fingerprint density at radius 3 is 2.33 bits per heavy atom. The number of hydrogen-bond donors (Lipinski definition) is 2. The summed E-state index contributed by atoms with van der Waals surface area (Å²) < 4.78 is 4.65. The van der Waals surface area contributed by atoms with Gasteiger partial charge in [0.2, 0.25) is 5.91 Å². The molecule has 2 N–H and O–H groups in total. The standard InChI is InChI=1S/C16H19N3O4S/c1-4-23-14(21)10-9-13(20)18-16(24)17-12-7-5-11(6-8-12)15(22)19(2)3/h5-10H,4H2,1-3H3,(H2,17,18,20,24)/b10-9+. The van der Waals surface area contributed by atoms with Crippen LogP contribution in [0, 0.1) is 0 Å². The van der Waals surface area contributed by atoms with E-state index in [4.69, 9.17) is 12.2 Å². The van der Waals surface area contributed by atoms with Crippen molar-refractivity contribution in [1.29, 1.82) is 0 Å². The number of rotatable bonds is 5. The second-order valence-corrected chi connectivity index (χ2v) is 5.21. The molecular formula is C16H19N3O4S. The maximum absolute atomic E-state index is 11.8. The molecule has 1 rings (SSSR count). The van der Waals surface area contributed by atoms with E-state index in [0.29, 0.717) is 11.3 Å². The van der Waals surface area contributed by atoms with E-state index < -0.39 is 11.9 Å². The maximum atomic E-state index is 11.8. The Kier molecular flexibility index (Phi) is 7.57. The summed E-state index contributed by atoms with van der Waals surface area (Å²) in [5.41, 5.74) is 1.16. The maximum Gasteiger partial charge on any atom is 0.330 e. The number of benzene rings is 1. The molecule has 0 saturated carbocycles. The number of anilines is 1. The average molecular weight is 349 g/mol. The smallest absolute Gasteiger partial charge is 0.330 e. The van der Waals surface area contributed by atoms with Crippen molar-refractivity contribution in [3.63, 3.8) is 0 Å². The number of amides is 2. The van der Waals surface area contributed by atoms with Crippen LogP contribution in [0.15, 0.2) is 36.4 Å². The lowest BCUT2D eigenvalue weighted by molar-refractivity contribution is -0.137. The Balaban J connectivity index is 2.54. The molecule has 8 heteroatoms. The Bertz CT molecular complexity index is 654. The molecule has 0 spiro atoms. The molecule has 0 atom stereocenters. The molecule has 0 radical (unpaired) electrons. The summed E-state index contributed by atoms with van der Waals surface area (Å²) >= 11 is 5.00. The minimum atomic E-state index is -0.604. The Morgan fingerprint density at radius 2 is 1.79 bits per heavy atom. The van der Waals surface area contributed by atoms with E-state index in [2.05, 4.69) is 15.4 Å². The third-order valence-corrected chi connectivity index (χ3v) is 2.89. The van der Waals surface area contributed by atoms with Crippen LogP contribution in [0.25, 0.3) is 0 Å². The zero-order valence-corrected chi connectivity index (χ0v) is 14.5. The second kappa shape index (κ2) is 9.41. The summed E-state index contributed by atoms with van der Waals surface area (Å²) in [5, 5.41) is 5.27. The number of carbonyl (C=O) groups is 3. The summed E-state index contributed by atoms with van der Waals surface area (Å²) in [5.74, 6) is -1.27. The molecule has 2 amide bonds. The van der Waals surface area contributed by atoms with Gasteiger partial charge in [-0.2, -0.15) is 0 Å². The first-order valence-electron chi connectivity index (χ1n) is 7.12. The van der Waals surface area contributed by atoms with Crippen molar-refractivity contribution >= 4 is 40.8 Å². The van der Waals surface area contributed by atoms with Crippen molar-refractivity contribution in [1.82, 2.24) is 10.2 Å². The first-order chi connectivity index (χ1) is 11.3. The van der Waals surface area contributed by atoms with Crippen molar-refractivity contribution in [2.75, 3.05) is 26.0 Å². The molecule has 128 valence electrons. The molecule has 0 heterocycles. The van der Waals surface area contributed by atoms with Gasteiger partial charge in [0.05, 0.1) is 6.61 Å². The van der Waals surface area contributed by atoms with Crippen LogP contribution in [-0.4, -0.2) is 48.5 Å². The first-order valence-corrected chi connectivity index (χ1v) is 7.52. The number of carbonyl (C=O) groups excluding carboxylic acids is 3. The first kappa shape index (κ1) is 19.3. The van der Waals surface area contributed by atoms with Gasteiger partial charge in [-0.25, -0.2) is 4.79 Å². The third kappa shape index (κ3) is 6.57. The van der Waals surface area contributed by atoms with Crippen molar-refractivity contribution in [3.8, 4) is 0 Å². The van der Waals surface area contributed by atoms with Gasteiger partial charge in [0, 0.05) is 37.5 Å². The normalized spacial score (nSPS) is 10.1. The monoisotopic (exact) mass is 349 g/mol.